The molecule has 1 spiro atoms. The third-order valence-electron chi connectivity index (χ3n) is 7.40. The first kappa shape index (κ1) is 23.0. The number of fused-ring (bicyclic) bond motifs is 1. The topological polar surface area (TPSA) is 69.7 Å². The van der Waals surface area contributed by atoms with Gasteiger partial charge in [-0.1, -0.05) is 34.1 Å². The number of nitrogens with zero attached hydrogens (tertiary/aromatic N) is 2. The number of imide groups is 1. The van der Waals surface area contributed by atoms with Crippen molar-refractivity contribution in [2.75, 3.05) is 6.54 Å². The summed E-state index contributed by atoms with van der Waals surface area (Å²) in [5.41, 5.74) is 2.01. The van der Waals surface area contributed by atoms with Crippen molar-refractivity contribution < 1.29 is 18.8 Å². The maximum absolute atomic E-state index is 13.5. The molecule has 6 nitrogen and oxygen atoms in total. The molecule has 1 heterocycles. The second-order valence-corrected chi connectivity index (χ2v) is 10.6. The molecule has 1 N–H and O–H groups in total. The molecule has 0 bridgehead atoms. The van der Waals surface area contributed by atoms with Gasteiger partial charge in [-0.25, -0.2) is 9.18 Å². The molecule has 5 rings (SSSR count). The summed E-state index contributed by atoms with van der Waals surface area (Å²) in [5.74, 6) is -0.532. The molecule has 4 amide bonds. The second kappa shape index (κ2) is 8.80. The molecule has 34 heavy (non-hydrogen) atoms. The number of benzene rings is 2. The molecule has 2 aliphatic carbocycles. The third-order valence-corrected chi connectivity index (χ3v) is 7.90. The largest absolute Gasteiger partial charge is 0.334 e. The Balaban J connectivity index is 1.34. The van der Waals surface area contributed by atoms with Crippen LogP contribution in [0.2, 0.25) is 0 Å². The molecule has 178 valence electrons. The minimum absolute atomic E-state index is 0.0220. The van der Waals surface area contributed by atoms with E-state index in [4.69, 9.17) is 0 Å². The quantitative estimate of drug-likeness (QED) is 0.572. The van der Waals surface area contributed by atoms with Crippen molar-refractivity contribution in [3.05, 3.63) is 69.4 Å². The van der Waals surface area contributed by atoms with E-state index in [2.05, 4.69) is 21.2 Å². The van der Waals surface area contributed by atoms with Crippen LogP contribution in [0.15, 0.2) is 46.9 Å². The molecule has 1 aliphatic heterocycles. The van der Waals surface area contributed by atoms with E-state index in [0.29, 0.717) is 31.7 Å². The molecule has 1 saturated heterocycles. The fourth-order valence-electron chi connectivity index (χ4n) is 5.18. The zero-order chi connectivity index (χ0) is 24.0. The van der Waals surface area contributed by atoms with Crippen LogP contribution in [0.25, 0.3) is 0 Å². The lowest BCUT2D eigenvalue weighted by Crippen LogP contribution is -2.52. The van der Waals surface area contributed by atoms with Crippen LogP contribution >= 0.6 is 15.9 Å². The van der Waals surface area contributed by atoms with Crippen molar-refractivity contribution in [1.29, 1.82) is 0 Å². The molecule has 1 saturated carbocycles. The number of aryl methyl sites for hydroxylation is 1. The number of urea groups is 1. The number of hydrogen-bond donors (Lipinski definition) is 1. The van der Waals surface area contributed by atoms with Gasteiger partial charge in [0.05, 0.1) is 0 Å². The summed E-state index contributed by atoms with van der Waals surface area (Å²) in [6.45, 7) is 2.02. The van der Waals surface area contributed by atoms with Crippen molar-refractivity contribution >= 4 is 33.8 Å². The standard InChI is InChI=1S/C26H27BrFN3O3/c1-16(18-4-5-18)30(14-17-2-8-22(28)9-3-17)23(32)15-31-24(33)26(29-25(31)34)11-10-19-6-7-21(27)12-20(19)13-26/h2-3,6-9,12,16,18H,4-5,10-11,13-15H2,1H3,(H,29,34)/t16-,26?/m0/s1. The first-order valence-corrected chi connectivity index (χ1v) is 12.5. The Labute approximate surface area is 206 Å². The molecule has 2 fully saturated rings. The van der Waals surface area contributed by atoms with Gasteiger partial charge in [0.15, 0.2) is 0 Å². The monoisotopic (exact) mass is 527 g/mol. The van der Waals surface area contributed by atoms with Gasteiger partial charge in [-0.15, -0.1) is 0 Å². The molecule has 0 aromatic heterocycles. The smallest absolute Gasteiger partial charge is 0.325 e. The maximum atomic E-state index is 13.5. The fourth-order valence-corrected chi connectivity index (χ4v) is 5.59. The number of carbonyl (C=O) groups is 3. The van der Waals surface area contributed by atoms with Crippen LogP contribution in [0.3, 0.4) is 0 Å². The normalized spacial score (nSPS) is 22.5. The van der Waals surface area contributed by atoms with Crippen molar-refractivity contribution in [3.8, 4) is 0 Å². The van der Waals surface area contributed by atoms with Crippen LogP contribution < -0.4 is 5.32 Å². The molecule has 1 unspecified atom stereocenters. The highest BCUT2D eigenvalue weighted by atomic mass is 79.9. The number of carbonyl (C=O) groups excluding carboxylic acids is 3. The van der Waals surface area contributed by atoms with E-state index in [0.717, 1.165) is 33.3 Å². The average molecular weight is 528 g/mol. The zero-order valence-electron chi connectivity index (χ0n) is 19.0. The lowest BCUT2D eigenvalue weighted by Gasteiger charge is -2.33. The molecule has 2 aromatic carbocycles. The maximum Gasteiger partial charge on any atom is 0.325 e. The Hall–Kier alpha value is -2.74. The molecule has 0 radical (unpaired) electrons. The van der Waals surface area contributed by atoms with Gasteiger partial charge in [0.25, 0.3) is 5.91 Å². The highest BCUT2D eigenvalue weighted by molar-refractivity contribution is 9.10. The van der Waals surface area contributed by atoms with Gasteiger partial charge in [-0.05, 0) is 79.5 Å². The van der Waals surface area contributed by atoms with E-state index >= 15 is 0 Å². The summed E-state index contributed by atoms with van der Waals surface area (Å²) in [7, 11) is 0. The van der Waals surface area contributed by atoms with Gasteiger partial charge in [0.2, 0.25) is 5.91 Å². The Bertz CT molecular complexity index is 1150. The van der Waals surface area contributed by atoms with E-state index in [1.54, 1.807) is 17.0 Å². The van der Waals surface area contributed by atoms with Crippen molar-refractivity contribution in [3.63, 3.8) is 0 Å². The lowest BCUT2D eigenvalue weighted by molar-refractivity contribution is -0.141. The Kier molecular flexibility index (Phi) is 5.96. The summed E-state index contributed by atoms with van der Waals surface area (Å²) in [5, 5.41) is 2.90. The van der Waals surface area contributed by atoms with Crippen molar-refractivity contribution in [2.45, 2.75) is 57.2 Å². The van der Waals surface area contributed by atoms with Crippen LogP contribution in [-0.4, -0.2) is 45.8 Å². The fraction of sp³-hybridized carbons (Fsp3) is 0.423. The van der Waals surface area contributed by atoms with E-state index < -0.39 is 11.6 Å². The first-order chi connectivity index (χ1) is 16.3. The van der Waals surface area contributed by atoms with Crippen LogP contribution in [0.4, 0.5) is 9.18 Å². The minimum atomic E-state index is -1.00. The highest BCUT2D eigenvalue weighted by Crippen LogP contribution is 2.37. The number of hydrogen-bond acceptors (Lipinski definition) is 3. The van der Waals surface area contributed by atoms with Gasteiger partial charge in [-0.3, -0.25) is 14.5 Å². The molecule has 3 aliphatic rings. The van der Waals surface area contributed by atoms with Crippen molar-refractivity contribution in [2.24, 2.45) is 5.92 Å². The van der Waals surface area contributed by atoms with Gasteiger partial charge in [-0.2, -0.15) is 0 Å². The molecule has 2 atom stereocenters. The summed E-state index contributed by atoms with van der Waals surface area (Å²) >= 11 is 3.48. The van der Waals surface area contributed by atoms with Gasteiger partial charge < -0.3 is 10.2 Å². The number of amides is 4. The third kappa shape index (κ3) is 4.35. The summed E-state index contributed by atoms with van der Waals surface area (Å²) in [6.07, 6.45) is 3.71. The van der Waals surface area contributed by atoms with Gasteiger partial charge in [0, 0.05) is 23.5 Å². The summed E-state index contributed by atoms with van der Waals surface area (Å²) in [6, 6.07) is 11.6. The second-order valence-electron chi connectivity index (χ2n) is 9.72. The van der Waals surface area contributed by atoms with Crippen LogP contribution in [0.1, 0.15) is 42.9 Å². The summed E-state index contributed by atoms with van der Waals surface area (Å²) < 4.78 is 14.3. The molecular formula is C26H27BrFN3O3. The van der Waals surface area contributed by atoms with Crippen LogP contribution in [-0.2, 0) is 29.0 Å². The Morgan fingerprint density at radius 2 is 1.94 bits per heavy atom. The van der Waals surface area contributed by atoms with E-state index in [1.807, 2.05) is 25.1 Å². The van der Waals surface area contributed by atoms with Gasteiger partial charge >= 0.3 is 6.03 Å². The Morgan fingerprint density at radius 3 is 2.65 bits per heavy atom. The molecular weight excluding hydrogens is 501 g/mol. The summed E-state index contributed by atoms with van der Waals surface area (Å²) in [4.78, 5) is 42.6. The molecule has 8 heteroatoms. The van der Waals surface area contributed by atoms with Gasteiger partial charge in [0.1, 0.15) is 17.9 Å². The molecule has 2 aromatic rings. The first-order valence-electron chi connectivity index (χ1n) is 11.7. The van der Waals surface area contributed by atoms with E-state index in [-0.39, 0.29) is 30.2 Å². The highest BCUT2D eigenvalue weighted by Gasteiger charge is 2.53. The SMILES string of the molecule is C[C@@H](C1CC1)N(Cc1ccc(F)cc1)C(=O)CN1C(=O)NC2(CCc3ccc(Br)cc3C2)C1=O. The lowest BCUT2D eigenvalue weighted by atomic mass is 9.78. The van der Waals surface area contributed by atoms with Crippen LogP contribution in [0, 0.1) is 11.7 Å². The van der Waals surface area contributed by atoms with E-state index in [1.165, 1.54) is 17.7 Å². The zero-order valence-corrected chi connectivity index (χ0v) is 20.6. The minimum Gasteiger partial charge on any atom is -0.334 e. The van der Waals surface area contributed by atoms with Crippen LogP contribution in [0.5, 0.6) is 0 Å². The number of nitrogens with one attached hydrogen (secondary N) is 1. The average Bonchev–Trinajstić information content (AvgIpc) is 3.63. The van der Waals surface area contributed by atoms with E-state index in [9.17, 15) is 18.8 Å². The Morgan fingerprint density at radius 1 is 1.21 bits per heavy atom. The number of halogens is 2. The number of rotatable bonds is 6. The van der Waals surface area contributed by atoms with Crippen molar-refractivity contribution in [1.82, 2.24) is 15.1 Å². The predicted molar refractivity (Wildman–Crippen MR) is 128 cm³/mol. The predicted octanol–water partition coefficient (Wildman–Crippen LogP) is 4.19.